The first-order valence-electron chi connectivity index (χ1n) is 5.88. The van der Waals surface area contributed by atoms with E-state index in [4.69, 9.17) is 4.74 Å². The fourth-order valence-electron chi connectivity index (χ4n) is 1.74. The smallest absolute Gasteiger partial charge is 0.246 e. The summed E-state index contributed by atoms with van der Waals surface area (Å²) in [6.45, 7) is 4.00. The van der Waals surface area contributed by atoms with Crippen LogP contribution < -0.4 is 10.6 Å². The molecule has 0 aromatic rings. The van der Waals surface area contributed by atoms with Gasteiger partial charge in [0.15, 0.2) is 0 Å². The van der Waals surface area contributed by atoms with Crippen molar-refractivity contribution in [3.63, 3.8) is 0 Å². The summed E-state index contributed by atoms with van der Waals surface area (Å²) in [6, 6.07) is 0. The third-order valence-electron chi connectivity index (χ3n) is 3.22. The average Bonchev–Trinajstić information content (AvgIpc) is 3.03. The largest absolute Gasteiger partial charge is 0.391 e. The van der Waals surface area contributed by atoms with Crippen molar-refractivity contribution in [3.05, 3.63) is 0 Å². The molecule has 1 unspecified atom stereocenters. The normalized spacial score (nSPS) is 24.6. The maximum absolute atomic E-state index is 11.4. The predicted molar refractivity (Wildman–Crippen MR) is 59.0 cm³/mol. The molecule has 0 aromatic heterocycles. The van der Waals surface area contributed by atoms with E-state index >= 15 is 0 Å². The Hall–Kier alpha value is -0.650. The number of amides is 1. The number of aliphatic hydroxyl groups excluding tert-OH is 1. The molecule has 2 fully saturated rings. The van der Waals surface area contributed by atoms with Crippen molar-refractivity contribution in [3.8, 4) is 0 Å². The van der Waals surface area contributed by atoms with Crippen LogP contribution in [0.2, 0.25) is 0 Å². The van der Waals surface area contributed by atoms with Crippen LogP contribution in [0.4, 0.5) is 0 Å². The van der Waals surface area contributed by atoms with Crippen molar-refractivity contribution >= 4 is 5.91 Å². The molecular formula is C11H20N2O3. The molecule has 5 heteroatoms. The van der Waals surface area contributed by atoms with Crippen LogP contribution in [0.1, 0.15) is 19.8 Å². The quantitative estimate of drug-likeness (QED) is 0.559. The fraction of sp³-hybridized carbons (Fsp3) is 0.909. The van der Waals surface area contributed by atoms with Gasteiger partial charge in [0.25, 0.3) is 0 Å². The molecule has 16 heavy (non-hydrogen) atoms. The van der Waals surface area contributed by atoms with Gasteiger partial charge >= 0.3 is 0 Å². The van der Waals surface area contributed by atoms with Crippen molar-refractivity contribution in [2.24, 2.45) is 5.92 Å². The van der Waals surface area contributed by atoms with Crippen molar-refractivity contribution in [2.45, 2.75) is 31.5 Å². The minimum absolute atomic E-state index is 0.0789. The molecule has 1 saturated carbocycles. The zero-order valence-electron chi connectivity index (χ0n) is 9.66. The van der Waals surface area contributed by atoms with Gasteiger partial charge < -0.3 is 20.5 Å². The summed E-state index contributed by atoms with van der Waals surface area (Å²) < 4.78 is 5.48. The Bertz CT molecular complexity index is 262. The molecule has 1 saturated heterocycles. The van der Waals surface area contributed by atoms with E-state index in [0.717, 1.165) is 25.9 Å². The molecule has 2 aliphatic rings. The van der Waals surface area contributed by atoms with Gasteiger partial charge in [-0.2, -0.15) is 0 Å². The summed E-state index contributed by atoms with van der Waals surface area (Å²) in [5.41, 5.74) is -0.188. The summed E-state index contributed by atoms with van der Waals surface area (Å²) in [5.74, 6) is 0.252. The lowest BCUT2D eigenvalue weighted by molar-refractivity contribution is -0.136. The van der Waals surface area contributed by atoms with Crippen LogP contribution in [-0.4, -0.2) is 49.0 Å². The summed E-state index contributed by atoms with van der Waals surface area (Å²) >= 11 is 0. The molecule has 1 aliphatic carbocycles. The third-order valence-corrected chi connectivity index (χ3v) is 3.22. The molecule has 2 rings (SSSR count). The third kappa shape index (κ3) is 3.17. The van der Waals surface area contributed by atoms with Gasteiger partial charge in [0.05, 0.1) is 11.7 Å². The first-order chi connectivity index (χ1) is 7.59. The monoisotopic (exact) mass is 228 g/mol. The van der Waals surface area contributed by atoms with Crippen LogP contribution >= 0.6 is 0 Å². The lowest BCUT2D eigenvalue weighted by atomic mass is 10.0. The number of carbonyl (C=O) groups is 1. The zero-order valence-corrected chi connectivity index (χ0v) is 9.66. The summed E-state index contributed by atoms with van der Waals surface area (Å²) in [5, 5.41) is 15.4. The van der Waals surface area contributed by atoms with E-state index in [1.54, 1.807) is 0 Å². The van der Waals surface area contributed by atoms with Crippen LogP contribution in [0.25, 0.3) is 0 Å². The molecular weight excluding hydrogens is 208 g/mol. The molecule has 1 amide bonds. The van der Waals surface area contributed by atoms with E-state index in [0.29, 0.717) is 12.5 Å². The molecule has 1 aliphatic heterocycles. The first-order valence-corrected chi connectivity index (χ1v) is 5.88. The molecule has 0 spiro atoms. The molecule has 92 valence electrons. The molecule has 1 heterocycles. The number of rotatable bonds is 6. The molecule has 0 bridgehead atoms. The number of nitrogens with one attached hydrogen (secondary N) is 2. The second-order valence-corrected chi connectivity index (χ2v) is 5.05. The van der Waals surface area contributed by atoms with Gasteiger partial charge in [-0.1, -0.05) is 0 Å². The maximum atomic E-state index is 11.4. The number of aliphatic hydroxyl groups is 1. The van der Waals surface area contributed by atoms with Gasteiger partial charge in [-0.15, -0.1) is 0 Å². The van der Waals surface area contributed by atoms with E-state index in [9.17, 15) is 9.90 Å². The first kappa shape index (κ1) is 11.8. The van der Waals surface area contributed by atoms with Gasteiger partial charge in [-0.3, -0.25) is 4.79 Å². The molecule has 5 nitrogen and oxygen atoms in total. The highest BCUT2D eigenvalue weighted by Crippen LogP contribution is 2.32. The summed E-state index contributed by atoms with van der Waals surface area (Å²) in [7, 11) is 0. The lowest BCUT2D eigenvalue weighted by Crippen LogP contribution is -2.59. The highest BCUT2D eigenvalue weighted by molar-refractivity contribution is 5.77. The SMILES string of the molecule is CC1(OCC(=O)NCC(O)C2CC2)CNC1. The van der Waals surface area contributed by atoms with Crippen LogP contribution in [0.15, 0.2) is 0 Å². The number of hydrogen-bond donors (Lipinski definition) is 3. The minimum Gasteiger partial charge on any atom is -0.391 e. The maximum Gasteiger partial charge on any atom is 0.246 e. The van der Waals surface area contributed by atoms with Crippen LogP contribution in [0, 0.1) is 5.92 Å². The second kappa shape index (κ2) is 4.69. The van der Waals surface area contributed by atoms with Gasteiger partial charge in [-0.25, -0.2) is 0 Å². The van der Waals surface area contributed by atoms with E-state index in [1.807, 2.05) is 6.92 Å². The van der Waals surface area contributed by atoms with Crippen molar-refractivity contribution < 1.29 is 14.6 Å². The lowest BCUT2D eigenvalue weighted by Gasteiger charge is -2.38. The molecule has 0 radical (unpaired) electrons. The van der Waals surface area contributed by atoms with Crippen LogP contribution in [0.5, 0.6) is 0 Å². The number of carbonyl (C=O) groups excluding carboxylic acids is 1. The predicted octanol–water partition coefficient (Wildman–Crippen LogP) is -0.748. The van der Waals surface area contributed by atoms with E-state index in [2.05, 4.69) is 10.6 Å². The topological polar surface area (TPSA) is 70.6 Å². The molecule has 3 N–H and O–H groups in total. The van der Waals surface area contributed by atoms with Crippen molar-refractivity contribution in [2.75, 3.05) is 26.2 Å². The van der Waals surface area contributed by atoms with Crippen LogP contribution in [0.3, 0.4) is 0 Å². The fourth-order valence-corrected chi connectivity index (χ4v) is 1.74. The molecule has 0 aromatic carbocycles. The average molecular weight is 228 g/mol. The van der Waals surface area contributed by atoms with Gasteiger partial charge in [-0.05, 0) is 25.7 Å². The number of ether oxygens (including phenoxy) is 1. The minimum atomic E-state index is -0.384. The van der Waals surface area contributed by atoms with Gasteiger partial charge in [0.1, 0.15) is 6.61 Å². The zero-order chi connectivity index (χ0) is 11.6. The Labute approximate surface area is 95.5 Å². The summed E-state index contributed by atoms with van der Waals surface area (Å²) in [4.78, 5) is 11.4. The van der Waals surface area contributed by atoms with Crippen molar-refractivity contribution in [1.29, 1.82) is 0 Å². The van der Waals surface area contributed by atoms with E-state index in [1.165, 1.54) is 0 Å². The van der Waals surface area contributed by atoms with Crippen molar-refractivity contribution in [1.82, 2.24) is 10.6 Å². The van der Waals surface area contributed by atoms with Gasteiger partial charge in [0, 0.05) is 19.6 Å². The second-order valence-electron chi connectivity index (χ2n) is 5.05. The number of hydrogen-bond acceptors (Lipinski definition) is 4. The highest BCUT2D eigenvalue weighted by Gasteiger charge is 2.33. The van der Waals surface area contributed by atoms with Crippen LogP contribution in [-0.2, 0) is 9.53 Å². The Morgan fingerprint density at radius 1 is 1.62 bits per heavy atom. The Morgan fingerprint density at radius 2 is 2.31 bits per heavy atom. The Morgan fingerprint density at radius 3 is 2.81 bits per heavy atom. The molecule has 1 atom stereocenters. The highest BCUT2D eigenvalue weighted by atomic mass is 16.5. The van der Waals surface area contributed by atoms with E-state index < -0.39 is 0 Å². The van der Waals surface area contributed by atoms with Gasteiger partial charge in [0.2, 0.25) is 5.91 Å². The Kier molecular flexibility index (Phi) is 3.47. The van der Waals surface area contributed by atoms with E-state index in [-0.39, 0.29) is 24.2 Å². The Balaban J connectivity index is 1.56. The standard InChI is InChI=1S/C11H20N2O3/c1-11(6-12-7-11)16-5-10(15)13-4-9(14)8-2-3-8/h8-9,12,14H,2-7H2,1H3,(H,13,15). The summed E-state index contributed by atoms with van der Waals surface area (Å²) in [6.07, 6.45) is 1.78.